The lowest BCUT2D eigenvalue weighted by atomic mass is 9.77. The fourth-order valence-corrected chi connectivity index (χ4v) is 7.06. The molecule has 1 fully saturated rings. The number of likely N-dealkylation sites (N-methyl/N-ethyl adjacent to an activating group) is 1. The zero-order valence-electron chi connectivity index (χ0n) is 23.6. The monoisotopic (exact) mass is 532 g/mol. The van der Waals surface area contributed by atoms with Gasteiger partial charge < -0.3 is 14.3 Å². The molecule has 3 heterocycles. The van der Waals surface area contributed by atoms with Crippen LogP contribution in [0.15, 0.2) is 91.6 Å². The van der Waals surface area contributed by atoms with E-state index in [1.165, 1.54) is 16.3 Å². The Morgan fingerprint density at radius 1 is 1.00 bits per heavy atom. The van der Waals surface area contributed by atoms with E-state index in [1.807, 2.05) is 30.5 Å². The maximum atomic E-state index is 12.3. The summed E-state index contributed by atoms with van der Waals surface area (Å²) >= 11 is 0. The number of pyridine rings is 2. The largest absolute Gasteiger partial charge is 0.497 e. The first-order valence-electron chi connectivity index (χ1n) is 14.3. The van der Waals surface area contributed by atoms with E-state index in [2.05, 4.69) is 80.0 Å². The van der Waals surface area contributed by atoms with Gasteiger partial charge >= 0.3 is 0 Å². The molecule has 5 nitrogen and oxygen atoms in total. The van der Waals surface area contributed by atoms with Crippen molar-refractivity contribution in [3.63, 3.8) is 0 Å². The smallest absolute Gasteiger partial charge is 0.131 e. The van der Waals surface area contributed by atoms with Crippen molar-refractivity contribution in [3.8, 4) is 5.75 Å². The summed E-state index contributed by atoms with van der Waals surface area (Å²) in [5.74, 6) is 1.56. The van der Waals surface area contributed by atoms with Crippen LogP contribution in [0.25, 0.3) is 32.7 Å². The van der Waals surface area contributed by atoms with Gasteiger partial charge in [-0.3, -0.25) is 4.98 Å². The van der Waals surface area contributed by atoms with Gasteiger partial charge in [0.25, 0.3) is 0 Å². The zero-order valence-corrected chi connectivity index (χ0v) is 23.6. The van der Waals surface area contributed by atoms with Crippen LogP contribution in [0.5, 0.6) is 5.75 Å². The summed E-state index contributed by atoms with van der Waals surface area (Å²) < 4.78 is 6.31. The minimum Gasteiger partial charge on any atom is -0.497 e. The number of aromatic nitrogens is 2. The lowest BCUT2D eigenvalue weighted by molar-refractivity contribution is -0.974. The van der Waals surface area contributed by atoms with Crippen molar-refractivity contribution in [2.24, 2.45) is 11.8 Å². The molecule has 0 unspecified atom stereocenters. The molecule has 5 aromatic rings. The summed E-state index contributed by atoms with van der Waals surface area (Å²) in [7, 11) is 1.67. The SMILES string of the molecule is C=C[C@H]1C[N@@+](CC)(Cc2c3ccccc3nc3ccccc23)[C@H]([C@H](O)c2ccnc3ccc(OC)cc23)C[C@@H]1C. The average Bonchev–Trinajstić information content (AvgIpc) is 3.00. The Morgan fingerprint density at radius 2 is 1.70 bits per heavy atom. The van der Waals surface area contributed by atoms with Gasteiger partial charge in [0.1, 0.15) is 24.4 Å². The number of fused-ring (bicyclic) bond motifs is 3. The molecule has 0 spiro atoms. The molecule has 2 aromatic heterocycles. The fraction of sp³-hybridized carbons (Fsp3) is 0.314. The third-order valence-electron chi connectivity index (χ3n) is 9.39. The van der Waals surface area contributed by atoms with Gasteiger partial charge in [0, 0.05) is 40.3 Å². The molecule has 0 bridgehead atoms. The zero-order chi connectivity index (χ0) is 27.9. The van der Waals surface area contributed by atoms with Crippen molar-refractivity contribution >= 4 is 32.7 Å². The van der Waals surface area contributed by atoms with Crippen molar-refractivity contribution < 1.29 is 14.3 Å². The Labute approximate surface area is 236 Å². The van der Waals surface area contributed by atoms with Crippen LogP contribution in [0.4, 0.5) is 0 Å². The van der Waals surface area contributed by atoms with Gasteiger partial charge in [-0.2, -0.15) is 0 Å². The predicted octanol–water partition coefficient (Wildman–Crippen LogP) is 7.23. The molecular formula is C35H38N3O2+. The molecule has 0 amide bonds. The van der Waals surface area contributed by atoms with E-state index in [9.17, 15) is 5.11 Å². The van der Waals surface area contributed by atoms with Crippen molar-refractivity contribution in [3.05, 3.63) is 103 Å². The maximum absolute atomic E-state index is 12.3. The maximum Gasteiger partial charge on any atom is 0.131 e. The van der Waals surface area contributed by atoms with Crippen molar-refractivity contribution in [2.75, 3.05) is 20.2 Å². The minimum atomic E-state index is -0.662. The molecule has 1 aliphatic rings. The van der Waals surface area contributed by atoms with Crippen molar-refractivity contribution in [1.82, 2.24) is 9.97 Å². The molecule has 40 heavy (non-hydrogen) atoms. The summed E-state index contributed by atoms with van der Waals surface area (Å²) in [5, 5.41) is 15.7. The van der Waals surface area contributed by atoms with Gasteiger partial charge in [-0.05, 0) is 54.8 Å². The van der Waals surface area contributed by atoms with Crippen LogP contribution in [0, 0.1) is 11.8 Å². The number of ether oxygens (including phenoxy) is 1. The first-order chi connectivity index (χ1) is 19.5. The molecule has 0 saturated carbocycles. The van der Waals surface area contributed by atoms with Crippen LogP contribution in [0.1, 0.15) is 37.5 Å². The highest BCUT2D eigenvalue weighted by Crippen LogP contribution is 2.44. The van der Waals surface area contributed by atoms with Crippen LogP contribution in [0.3, 0.4) is 0 Å². The summed E-state index contributed by atoms with van der Waals surface area (Å²) in [5.41, 5.74) is 5.11. The Balaban J connectivity index is 1.53. The van der Waals surface area contributed by atoms with E-state index < -0.39 is 6.10 Å². The summed E-state index contributed by atoms with van der Waals surface area (Å²) in [6.07, 6.45) is 4.19. The van der Waals surface area contributed by atoms with Gasteiger partial charge in [0.2, 0.25) is 0 Å². The van der Waals surface area contributed by atoms with E-state index in [4.69, 9.17) is 9.72 Å². The predicted molar refractivity (Wildman–Crippen MR) is 163 cm³/mol. The topological polar surface area (TPSA) is 55.2 Å². The molecular weight excluding hydrogens is 494 g/mol. The number of piperidine rings is 1. The van der Waals surface area contributed by atoms with E-state index >= 15 is 0 Å². The van der Waals surface area contributed by atoms with E-state index in [0.717, 1.165) is 63.8 Å². The Kier molecular flexibility index (Phi) is 7.03. The van der Waals surface area contributed by atoms with Gasteiger partial charge in [-0.1, -0.05) is 49.4 Å². The second kappa shape index (κ2) is 10.6. The Hall–Kier alpha value is -3.80. The third kappa shape index (κ3) is 4.43. The number of methoxy groups -OCH3 is 1. The minimum absolute atomic E-state index is 0.00121. The molecule has 1 saturated heterocycles. The molecule has 5 atom stereocenters. The molecule has 5 heteroatoms. The number of nitrogens with zero attached hydrogens (tertiary/aromatic N) is 3. The lowest BCUT2D eigenvalue weighted by Gasteiger charge is -2.53. The van der Waals surface area contributed by atoms with Crippen molar-refractivity contribution in [2.45, 2.75) is 39.0 Å². The number of aliphatic hydroxyl groups excluding tert-OH is 1. The molecule has 204 valence electrons. The summed E-state index contributed by atoms with van der Waals surface area (Å²) in [4.78, 5) is 9.57. The second-order valence-electron chi connectivity index (χ2n) is 11.4. The lowest BCUT2D eigenvalue weighted by Crippen LogP contribution is -2.62. The molecule has 0 aliphatic carbocycles. The molecule has 3 aromatic carbocycles. The number of hydrogen-bond donors (Lipinski definition) is 1. The van der Waals surface area contributed by atoms with Crippen LogP contribution in [0.2, 0.25) is 0 Å². The average molecular weight is 533 g/mol. The molecule has 0 radical (unpaired) electrons. The molecule has 1 aliphatic heterocycles. The van der Waals surface area contributed by atoms with Crippen LogP contribution < -0.4 is 4.74 Å². The summed E-state index contributed by atoms with van der Waals surface area (Å²) in [6, 6.07) is 24.8. The van der Waals surface area contributed by atoms with Crippen LogP contribution in [-0.4, -0.2) is 45.8 Å². The van der Waals surface area contributed by atoms with Gasteiger partial charge in [-0.25, -0.2) is 4.98 Å². The third-order valence-corrected chi connectivity index (χ3v) is 9.39. The highest BCUT2D eigenvalue weighted by atomic mass is 16.5. The number of para-hydroxylation sites is 2. The normalized spacial score (nSPS) is 23.9. The van der Waals surface area contributed by atoms with Gasteiger partial charge in [-0.15, -0.1) is 6.58 Å². The molecule has 1 N–H and O–H groups in total. The van der Waals surface area contributed by atoms with Crippen LogP contribution in [-0.2, 0) is 6.54 Å². The highest BCUT2D eigenvalue weighted by Gasteiger charge is 2.48. The first-order valence-corrected chi connectivity index (χ1v) is 14.3. The number of aliphatic hydroxyl groups is 1. The van der Waals surface area contributed by atoms with E-state index in [0.29, 0.717) is 11.8 Å². The van der Waals surface area contributed by atoms with E-state index in [1.54, 1.807) is 7.11 Å². The standard InChI is InChI=1S/C35H38N3O2/c1-5-24-21-38(6-2,22-30-26-11-7-9-13-32(26)37-33-14-10-8-12-27(30)33)34(19-23(24)3)35(39)28-17-18-36-31-16-15-25(40-4)20-29(28)31/h5,7-18,20,23-24,34-35,39H,1,6,19,21-22H2,2-4H3/q+1/t23-,24-,34-,35+,38-/m0/s1. The molecule has 6 rings (SSSR count). The van der Waals surface area contributed by atoms with Crippen LogP contribution >= 0.6 is 0 Å². The number of quaternary nitrogens is 1. The van der Waals surface area contributed by atoms with Crippen molar-refractivity contribution in [1.29, 1.82) is 0 Å². The first kappa shape index (κ1) is 26.4. The van der Waals surface area contributed by atoms with Gasteiger partial charge in [0.05, 0.1) is 36.7 Å². The summed E-state index contributed by atoms with van der Waals surface area (Å²) in [6.45, 7) is 11.4. The quantitative estimate of drug-likeness (QED) is 0.137. The highest BCUT2D eigenvalue weighted by molar-refractivity contribution is 5.97. The Morgan fingerprint density at radius 3 is 2.35 bits per heavy atom. The Bertz CT molecular complexity index is 1650. The number of likely N-dealkylation sites (tertiary alicyclic amines) is 1. The van der Waals surface area contributed by atoms with E-state index in [-0.39, 0.29) is 6.04 Å². The number of benzene rings is 3. The fourth-order valence-electron chi connectivity index (χ4n) is 7.06. The number of hydrogen-bond acceptors (Lipinski definition) is 4. The number of rotatable bonds is 7. The second-order valence-corrected chi connectivity index (χ2v) is 11.4. The van der Waals surface area contributed by atoms with Gasteiger partial charge in [0.15, 0.2) is 0 Å².